The van der Waals surface area contributed by atoms with E-state index in [4.69, 9.17) is 15.2 Å². The fraction of sp³-hybridized carbons (Fsp3) is 0.611. The minimum Gasteiger partial charge on any atom is -0.493 e. The van der Waals surface area contributed by atoms with Gasteiger partial charge in [-0.3, -0.25) is 4.79 Å². The highest BCUT2D eigenvalue weighted by molar-refractivity contribution is 5.73. The molecule has 124 valence electrons. The van der Waals surface area contributed by atoms with Gasteiger partial charge in [0.1, 0.15) is 0 Å². The largest absolute Gasteiger partial charge is 0.493 e. The normalized spacial score (nSPS) is 10.5. The molecule has 0 fully saturated rings. The lowest BCUT2D eigenvalue weighted by atomic mass is 10.0. The summed E-state index contributed by atoms with van der Waals surface area (Å²) >= 11 is 0. The molecule has 4 nitrogen and oxygen atoms in total. The number of benzene rings is 1. The van der Waals surface area contributed by atoms with Crippen LogP contribution in [0.25, 0.3) is 0 Å². The second kappa shape index (κ2) is 10.9. The highest BCUT2D eigenvalue weighted by Gasteiger charge is 2.05. The second-order valence-corrected chi connectivity index (χ2v) is 5.51. The van der Waals surface area contributed by atoms with Crippen molar-refractivity contribution in [2.75, 3.05) is 13.7 Å². The van der Waals surface area contributed by atoms with Gasteiger partial charge in [0.2, 0.25) is 5.91 Å². The molecule has 0 bridgehead atoms. The molecule has 2 N–H and O–H groups in total. The fourth-order valence-corrected chi connectivity index (χ4v) is 2.48. The van der Waals surface area contributed by atoms with Crippen molar-refractivity contribution in [2.24, 2.45) is 5.73 Å². The standard InChI is InChI=1S/C18H29NO3/c1-3-22-17-14-15(12-13-16(17)21-2)10-8-6-4-5-7-9-11-18(19)20/h12-14H,3-11H2,1-2H3,(H2,19,20). The van der Waals surface area contributed by atoms with Gasteiger partial charge in [-0.1, -0.05) is 31.7 Å². The third-order valence-electron chi connectivity index (χ3n) is 3.67. The second-order valence-electron chi connectivity index (χ2n) is 5.51. The molecule has 0 aromatic heterocycles. The van der Waals surface area contributed by atoms with Crippen molar-refractivity contribution < 1.29 is 14.3 Å². The van der Waals surface area contributed by atoms with Crippen LogP contribution in [0.4, 0.5) is 0 Å². The lowest BCUT2D eigenvalue weighted by Gasteiger charge is -2.11. The zero-order chi connectivity index (χ0) is 16.2. The van der Waals surface area contributed by atoms with Crippen molar-refractivity contribution in [3.05, 3.63) is 23.8 Å². The van der Waals surface area contributed by atoms with E-state index < -0.39 is 0 Å². The van der Waals surface area contributed by atoms with Crippen LogP contribution in [0, 0.1) is 0 Å². The molecule has 0 radical (unpaired) electrons. The van der Waals surface area contributed by atoms with Crippen molar-refractivity contribution in [2.45, 2.75) is 58.3 Å². The number of hydrogen-bond acceptors (Lipinski definition) is 3. The Morgan fingerprint density at radius 2 is 1.73 bits per heavy atom. The number of hydrogen-bond donors (Lipinski definition) is 1. The SMILES string of the molecule is CCOc1cc(CCCCCCCCC(N)=O)ccc1OC. The molecule has 1 aromatic rings. The molecular weight excluding hydrogens is 278 g/mol. The number of rotatable bonds is 12. The number of primary amides is 1. The summed E-state index contributed by atoms with van der Waals surface area (Å²) in [5, 5.41) is 0. The number of aryl methyl sites for hydroxylation is 1. The first-order chi connectivity index (χ1) is 10.7. The van der Waals surface area contributed by atoms with Crippen molar-refractivity contribution in [1.82, 2.24) is 0 Å². The molecule has 0 aliphatic heterocycles. The molecule has 22 heavy (non-hydrogen) atoms. The molecule has 4 heteroatoms. The van der Waals surface area contributed by atoms with E-state index in [1.54, 1.807) is 7.11 Å². The van der Waals surface area contributed by atoms with E-state index in [2.05, 4.69) is 12.1 Å². The third-order valence-corrected chi connectivity index (χ3v) is 3.67. The minimum atomic E-state index is -0.190. The van der Waals surface area contributed by atoms with Crippen LogP contribution < -0.4 is 15.2 Å². The molecule has 1 amide bonds. The van der Waals surface area contributed by atoms with E-state index in [1.165, 1.54) is 31.2 Å². The Balaban J connectivity index is 2.22. The van der Waals surface area contributed by atoms with E-state index in [1.807, 2.05) is 13.0 Å². The Morgan fingerprint density at radius 1 is 1.05 bits per heavy atom. The Hall–Kier alpha value is -1.71. The Morgan fingerprint density at radius 3 is 2.36 bits per heavy atom. The number of unbranched alkanes of at least 4 members (excludes halogenated alkanes) is 5. The average Bonchev–Trinajstić information content (AvgIpc) is 2.50. The van der Waals surface area contributed by atoms with Gasteiger partial charge in [-0.15, -0.1) is 0 Å². The molecule has 0 unspecified atom stereocenters. The maximum Gasteiger partial charge on any atom is 0.217 e. The Bertz CT molecular complexity index is 446. The van der Waals surface area contributed by atoms with Gasteiger partial charge in [0, 0.05) is 6.42 Å². The van der Waals surface area contributed by atoms with E-state index >= 15 is 0 Å². The predicted octanol–water partition coefficient (Wildman–Crippen LogP) is 3.85. The maximum absolute atomic E-state index is 10.6. The van der Waals surface area contributed by atoms with Gasteiger partial charge in [0.25, 0.3) is 0 Å². The van der Waals surface area contributed by atoms with Crippen LogP contribution in [0.3, 0.4) is 0 Å². The van der Waals surface area contributed by atoms with Crippen molar-refractivity contribution in [3.8, 4) is 11.5 Å². The number of carbonyl (C=O) groups is 1. The predicted molar refractivity (Wildman–Crippen MR) is 89.4 cm³/mol. The number of carbonyl (C=O) groups excluding carboxylic acids is 1. The zero-order valence-electron chi connectivity index (χ0n) is 13.9. The zero-order valence-corrected chi connectivity index (χ0v) is 13.9. The van der Waals surface area contributed by atoms with Crippen molar-refractivity contribution in [1.29, 1.82) is 0 Å². The molecule has 0 atom stereocenters. The molecule has 1 rings (SSSR count). The summed E-state index contributed by atoms with van der Waals surface area (Å²) in [6, 6.07) is 6.16. The molecule has 0 saturated heterocycles. The van der Waals surface area contributed by atoms with Crippen LogP contribution in [0.15, 0.2) is 18.2 Å². The van der Waals surface area contributed by atoms with Gasteiger partial charge in [0.15, 0.2) is 11.5 Å². The van der Waals surface area contributed by atoms with E-state index in [0.29, 0.717) is 13.0 Å². The molecule has 0 spiro atoms. The van der Waals surface area contributed by atoms with Crippen LogP contribution in [-0.2, 0) is 11.2 Å². The fourth-order valence-electron chi connectivity index (χ4n) is 2.48. The first-order valence-corrected chi connectivity index (χ1v) is 8.25. The van der Waals surface area contributed by atoms with Gasteiger partial charge in [-0.2, -0.15) is 0 Å². The summed E-state index contributed by atoms with van der Waals surface area (Å²) in [4.78, 5) is 10.6. The topological polar surface area (TPSA) is 61.5 Å². The Kier molecular flexibility index (Phi) is 9.12. The smallest absolute Gasteiger partial charge is 0.217 e. The monoisotopic (exact) mass is 307 g/mol. The summed E-state index contributed by atoms with van der Waals surface area (Å²) in [5.41, 5.74) is 6.41. The van der Waals surface area contributed by atoms with Gasteiger partial charge < -0.3 is 15.2 Å². The summed E-state index contributed by atoms with van der Waals surface area (Å²) in [6.07, 6.45) is 8.39. The highest BCUT2D eigenvalue weighted by Crippen LogP contribution is 2.28. The van der Waals surface area contributed by atoms with Crippen LogP contribution in [0.5, 0.6) is 11.5 Å². The number of methoxy groups -OCH3 is 1. The van der Waals surface area contributed by atoms with Crippen LogP contribution in [0.2, 0.25) is 0 Å². The Labute approximate surface area is 134 Å². The summed E-state index contributed by atoms with van der Waals surface area (Å²) in [7, 11) is 1.66. The van der Waals surface area contributed by atoms with Crippen molar-refractivity contribution >= 4 is 5.91 Å². The molecule has 0 saturated carbocycles. The van der Waals surface area contributed by atoms with E-state index in [9.17, 15) is 4.79 Å². The van der Waals surface area contributed by atoms with Crippen LogP contribution in [-0.4, -0.2) is 19.6 Å². The van der Waals surface area contributed by atoms with E-state index in [0.717, 1.165) is 30.8 Å². The van der Waals surface area contributed by atoms with Gasteiger partial charge >= 0.3 is 0 Å². The molecular formula is C18H29NO3. The van der Waals surface area contributed by atoms with Gasteiger partial charge in [-0.05, 0) is 43.9 Å². The minimum absolute atomic E-state index is 0.190. The van der Waals surface area contributed by atoms with Crippen LogP contribution in [0.1, 0.15) is 57.4 Å². The number of ether oxygens (including phenoxy) is 2. The number of amides is 1. The molecule has 0 heterocycles. The average molecular weight is 307 g/mol. The lowest BCUT2D eigenvalue weighted by Crippen LogP contribution is -2.09. The van der Waals surface area contributed by atoms with E-state index in [-0.39, 0.29) is 5.91 Å². The first kappa shape index (κ1) is 18.3. The first-order valence-electron chi connectivity index (χ1n) is 8.25. The number of nitrogens with two attached hydrogens (primary N) is 1. The molecule has 1 aromatic carbocycles. The third kappa shape index (κ3) is 7.34. The lowest BCUT2D eigenvalue weighted by molar-refractivity contribution is -0.118. The van der Waals surface area contributed by atoms with Crippen molar-refractivity contribution in [3.63, 3.8) is 0 Å². The highest BCUT2D eigenvalue weighted by atomic mass is 16.5. The molecule has 0 aliphatic rings. The molecule has 0 aliphatic carbocycles. The summed E-state index contributed by atoms with van der Waals surface area (Å²) in [6.45, 7) is 2.62. The summed E-state index contributed by atoms with van der Waals surface area (Å²) in [5.74, 6) is 1.43. The summed E-state index contributed by atoms with van der Waals surface area (Å²) < 4.78 is 10.9. The maximum atomic E-state index is 10.6. The van der Waals surface area contributed by atoms with Crippen LogP contribution >= 0.6 is 0 Å². The van der Waals surface area contributed by atoms with Gasteiger partial charge in [0.05, 0.1) is 13.7 Å². The quantitative estimate of drug-likeness (QED) is 0.597. The van der Waals surface area contributed by atoms with Gasteiger partial charge in [-0.25, -0.2) is 0 Å².